The highest BCUT2D eigenvalue weighted by atomic mass is 32.2. The van der Waals surface area contributed by atoms with Gasteiger partial charge in [-0.1, -0.05) is 12.5 Å². The predicted octanol–water partition coefficient (Wildman–Crippen LogP) is 1.39. The van der Waals surface area contributed by atoms with Crippen LogP contribution in [-0.4, -0.2) is 44.9 Å². The third kappa shape index (κ3) is 3.82. The lowest BCUT2D eigenvalue weighted by Gasteiger charge is -2.34. The van der Waals surface area contributed by atoms with Crippen molar-refractivity contribution < 1.29 is 13.2 Å². The summed E-state index contributed by atoms with van der Waals surface area (Å²) in [5.74, 6) is 0.587. The molecule has 0 unspecified atom stereocenters. The van der Waals surface area contributed by atoms with Crippen molar-refractivity contribution in [2.24, 2.45) is 17.6 Å². The Hall–Kier alpha value is -0.960. The number of carbonyl (C=O) groups is 1. The quantitative estimate of drug-likeness (QED) is 0.818. The molecule has 1 aliphatic carbocycles. The number of rotatable bonds is 5. The van der Waals surface area contributed by atoms with Crippen molar-refractivity contribution in [3.63, 3.8) is 0 Å². The van der Waals surface area contributed by atoms with E-state index in [-0.39, 0.29) is 17.9 Å². The smallest absolute Gasteiger partial charge is 0.250 e. The summed E-state index contributed by atoms with van der Waals surface area (Å²) < 4.78 is 27.7. The van der Waals surface area contributed by atoms with E-state index < -0.39 is 10.0 Å². The van der Waals surface area contributed by atoms with E-state index in [9.17, 15) is 13.2 Å². The van der Waals surface area contributed by atoms with Crippen molar-refractivity contribution in [1.29, 1.82) is 0 Å². The molecule has 1 amide bonds. The third-order valence-electron chi connectivity index (χ3n) is 5.17. The highest BCUT2D eigenvalue weighted by molar-refractivity contribution is 7.91. The summed E-state index contributed by atoms with van der Waals surface area (Å²) in [5.41, 5.74) is 5.78. The number of nitrogens with two attached hydrogens (primary N) is 1. The highest BCUT2D eigenvalue weighted by Crippen LogP contribution is 2.33. The van der Waals surface area contributed by atoms with Gasteiger partial charge in [0.15, 0.2) is 0 Å². The summed E-state index contributed by atoms with van der Waals surface area (Å²) in [6, 6.07) is 3.24. The van der Waals surface area contributed by atoms with Gasteiger partial charge in [0, 0.05) is 25.0 Å². The topological polar surface area (TPSA) is 92.5 Å². The molecule has 2 atom stereocenters. The Morgan fingerprint density at radius 1 is 1.29 bits per heavy atom. The Balaban J connectivity index is 1.53. The molecule has 3 rings (SSSR count). The second kappa shape index (κ2) is 7.51. The summed E-state index contributed by atoms with van der Waals surface area (Å²) in [6.07, 6.45) is 4.39. The number of piperidine rings is 1. The molecule has 24 heavy (non-hydrogen) atoms. The summed E-state index contributed by atoms with van der Waals surface area (Å²) in [6.45, 7) is 1.81. The second-order valence-electron chi connectivity index (χ2n) is 6.69. The summed E-state index contributed by atoms with van der Waals surface area (Å²) in [5, 5.41) is 1.76. The van der Waals surface area contributed by atoms with Gasteiger partial charge >= 0.3 is 0 Å². The molecular weight excluding hydrogens is 346 g/mol. The zero-order valence-corrected chi connectivity index (χ0v) is 15.3. The monoisotopic (exact) mass is 371 g/mol. The minimum atomic E-state index is -3.43. The molecule has 0 radical (unpaired) electrons. The Labute approximate surface area is 147 Å². The summed E-state index contributed by atoms with van der Waals surface area (Å²) in [4.78, 5) is 14.6. The molecule has 2 aliphatic rings. The van der Waals surface area contributed by atoms with Crippen molar-refractivity contribution in [3.05, 3.63) is 17.5 Å². The Bertz CT molecular complexity index is 652. The minimum Gasteiger partial charge on any atom is -0.342 e. The second-order valence-corrected chi connectivity index (χ2v) is 9.57. The van der Waals surface area contributed by atoms with Crippen LogP contribution in [0.25, 0.3) is 0 Å². The first-order chi connectivity index (χ1) is 11.5. The third-order valence-corrected chi connectivity index (χ3v) is 8.09. The number of likely N-dealkylation sites (tertiary alicyclic amines) is 1. The molecule has 0 spiro atoms. The normalized spacial score (nSPS) is 26.0. The van der Waals surface area contributed by atoms with Crippen LogP contribution in [0.4, 0.5) is 0 Å². The van der Waals surface area contributed by atoms with Crippen molar-refractivity contribution in [1.82, 2.24) is 9.62 Å². The SMILES string of the molecule is NC[C@H]1CCC[C@H]1C(=O)N1CCC(NS(=O)(=O)c2cccs2)CC1. The minimum absolute atomic E-state index is 0.0642. The lowest BCUT2D eigenvalue weighted by Crippen LogP contribution is -2.48. The van der Waals surface area contributed by atoms with Crippen LogP contribution >= 0.6 is 11.3 Å². The highest BCUT2D eigenvalue weighted by Gasteiger charge is 2.36. The van der Waals surface area contributed by atoms with E-state index in [1.165, 1.54) is 11.3 Å². The van der Waals surface area contributed by atoms with Crippen LogP contribution in [0.1, 0.15) is 32.1 Å². The maximum atomic E-state index is 12.7. The molecule has 2 heterocycles. The van der Waals surface area contributed by atoms with Crippen molar-refractivity contribution >= 4 is 27.3 Å². The standard InChI is InChI=1S/C16H25N3O3S2/c17-11-12-3-1-4-14(12)16(20)19-8-6-13(7-9-19)18-24(21,22)15-5-2-10-23-15/h2,5,10,12-14,18H,1,3-4,6-9,11,17H2/t12-,14-/m1/s1. The lowest BCUT2D eigenvalue weighted by atomic mass is 9.93. The molecule has 1 aliphatic heterocycles. The van der Waals surface area contributed by atoms with Crippen LogP contribution in [-0.2, 0) is 14.8 Å². The summed E-state index contributed by atoms with van der Waals surface area (Å²) in [7, 11) is -3.43. The van der Waals surface area contributed by atoms with E-state index in [2.05, 4.69) is 4.72 Å². The molecule has 1 saturated carbocycles. The average Bonchev–Trinajstić information content (AvgIpc) is 3.26. The fraction of sp³-hybridized carbons (Fsp3) is 0.688. The number of nitrogens with one attached hydrogen (secondary N) is 1. The molecule has 1 aromatic heterocycles. The Morgan fingerprint density at radius 3 is 2.67 bits per heavy atom. The van der Waals surface area contributed by atoms with Crippen LogP contribution in [0, 0.1) is 11.8 Å². The number of nitrogens with zero attached hydrogens (tertiary/aromatic N) is 1. The van der Waals surface area contributed by atoms with E-state index in [1.807, 2.05) is 4.90 Å². The van der Waals surface area contributed by atoms with Crippen molar-refractivity contribution in [2.45, 2.75) is 42.4 Å². The number of hydrogen-bond acceptors (Lipinski definition) is 5. The summed E-state index contributed by atoms with van der Waals surface area (Å²) >= 11 is 1.22. The first kappa shape index (κ1) is 17.8. The van der Waals surface area contributed by atoms with Crippen LogP contribution < -0.4 is 10.5 Å². The van der Waals surface area contributed by atoms with E-state index >= 15 is 0 Å². The van der Waals surface area contributed by atoms with Gasteiger partial charge in [0.1, 0.15) is 4.21 Å². The van der Waals surface area contributed by atoms with Gasteiger partial charge in [0.2, 0.25) is 15.9 Å². The Kier molecular flexibility index (Phi) is 5.59. The van der Waals surface area contributed by atoms with Crippen LogP contribution in [0.5, 0.6) is 0 Å². The van der Waals surface area contributed by atoms with Crippen molar-refractivity contribution in [2.75, 3.05) is 19.6 Å². The van der Waals surface area contributed by atoms with E-state index in [1.54, 1.807) is 17.5 Å². The average molecular weight is 372 g/mol. The first-order valence-electron chi connectivity index (χ1n) is 8.56. The van der Waals surface area contributed by atoms with Gasteiger partial charge < -0.3 is 10.6 Å². The molecule has 8 heteroatoms. The number of amides is 1. The van der Waals surface area contributed by atoms with Gasteiger partial charge in [-0.3, -0.25) is 4.79 Å². The lowest BCUT2D eigenvalue weighted by molar-refractivity contribution is -0.137. The Morgan fingerprint density at radius 2 is 2.04 bits per heavy atom. The van der Waals surface area contributed by atoms with Gasteiger partial charge in [0.25, 0.3) is 0 Å². The molecule has 2 fully saturated rings. The van der Waals surface area contributed by atoms with Gasteiger partial charge in [-0.2, -0.15) is 0 Å². The van der Waals surface area contributed by atoms with Crippen molar-refractivity contribution in [3.8, 4) is 0 Å². The van der Waals surface area contributed by atoms with Gasteiger partial charge in [-0.05, 0) is 49.6 Å². The van der Waals surface area contributed by atoms with Gasteiger partial charge in [0.05, 0.1) is 0 Å². The van der Waals surface area contributed by atoms with Crippen LogP contribution in [0.2, 0.25) is 0 Å². The molecule has 134 valence electrons. The van der Waals surface area contributed by atoms with Crippen LogP contribution in [0.3, 0.4) is 0 Å². The van der Waals surface area contributed by atoms with Gasteiger partial charge in [-0.25, -0.2) is 13.1 Å². The van der Waals surface area contributed by atoms with E-state index in [0.29, 0.717) is 42.6 Å². The molecule has 1 saturated heterocycles. The zero-order chi connectivity index (χ0) is 17.2. The largest absolute Gasteiger partial charge is 0.342 e. The number of hydrogen-bond donors (Lipinski definition) is 2. The molecule has 3 N–H and O–H groups in total. The van der Waals surface area contributed by atoms with E-state index in [0.717, 1.165) is 19.3 Å². The molecule has 0 aromatic carbocycles. The van der Waals surface area contributed by atoms with E-state index in [4.69, 9.17) is 5.73 Å². The fourth-order valence-corrected chi connectivity index (χ4v) is 6.10. The number of carbonyl (C=O) groups excluding carboxylic acids is 1. The van der Waals surface area contributed by atoms with Gasteiger partial charge in [-0.15, -0.1) is 11.3 Å². The number of sulfonamides is 1. The molecule has 0 bridgehead atoms. The number of thiophene rings is 1. The fourth-order valence-electron chi connectivity index (χ4n) is 3.79. The molecule has 6 nitrogen and oxygen atoms in total. The molecule has 1 aromatic rings. The maximum Gasteiger partial charge on any atom is 0.250 e. The maximum absolute atomic E-state index is 12.7. The zero-order valence-electron chi connectivity index (χ0n) is 13.7. The van der Waals surface area contributed by atoms with Crippen LogP contribution in [0.15, 0.2) is 21.7 Å². The predicted molar refractivity (Wildman–Crippen MR) is 94.1 cm³/mol. The molecular formula is C16H25N3O3S2. The first-order valence-corrected chi connectivity index (χ1v) is 10.9.